The van der Waals surface area contributed by atoms with E-state index in [1.807, 2.05) is 0 Å². The highest BCUT2D eigenvalue weighted by Crippen LogP contribution is 2.38. The number of methoxy groups -OCH3 is 1. The first-order valence-electron chi connectivity index (χ1n) is 10.3. The van der Waals surface area contributed by atoms with Gasteiger partial charge in [0.2, 0.25) is 5.91 Å². The molecule has 0 unspecified atom stereocenters. The van der Waals surface area contributed by atoms with Crippen molar-refractivity contribution in [3.63, 3.8) is 0 Å². The highest BCUT2D eigenvalue weighted by Gasteiger charge is 2.34. The standard InChI is InChI=1S/C22H25N3O4S3/c1-15-3-5-16(6-4-15)18-11-30-21-20(18)22(24-14-23-21)31-12-19(26)25(8-9-29-2)17-7-10-32(27,28)13-17/h3-6,11,14,17H,7-10,12-13H2,1-2H3/t17-/m0/s1. The zero-order valence-corrected chi connectivity index (χ0v) is 20.4. The fraction of sp³-hybridized carbons (Fsp3) is 0.409. The Morgan fingerprint density at radius 3 is 2.75 bits per heavy atom. The number of carbonyl (C=O) groups excluding carboxylic acids is 1. The van der Waals surface area contributed by atoms with Gasteiger partial charge in [0.05, 0.1) is 29.3 Å². The number of aromatic nitrogens is 2. The fourth-order valence-corrected chi connectivity index (χ4v) is 7.45. The van der Waals surface area contributed by atoms with Crippen LogP contribution in [0.5, 0.6) is 0 Å². The highest BCUT2D eigenvalue weighted by molar-refractivity contribution is 8.00. The van der Waals surface area contributed by atoms with Gasteiger partial charge in [-0.1, -0.05) is 41.6 Å². The van der Waals surface area contributed by atoms with E-state index < -0.39 is 9.84 Å². The number of carbonyl (C=O) groups is 1. The van der Waals surface area contributed by atoms with Crippen molar-refractivity contribution >= 4 is 49.1 Å². The maximum Gasteiger partial charge on any atom is 0.233 e. The number of hydrogen-bond donors (Lipinski definition) is 0. The van der Waals surface area contributed by atoms with E-state index in [9.17, 15) is 13.2 Å². The first kappa shape index (κ1) is 23.2. The lowest BCUT2D eigenvalue weighted by Crippen LogP contribution is -2.44. The van der Waals surface area contributed by atoms with Gasteiger partial charge in [0.1, 0.15) is 16.2 Å². The second kappa shape index (κ2) is 9.86. The molecule has 3 aromatic rings. The molecule has 2 aromatic heterocycles. The molecular formula is C22H25N3O4S3. The molecule has 4 rings (SSSR count). The lowest BCUT2D eigenvalue weighted by Gasteiger charge is -2.28. The molecule has 170 valence electrons. The summed E-state index contributed by atoms with van der Waals surface area (Å²) in [6.07, 6.45) is 2.00. The van der Waals surface area contributed by atoms with Gasteiger partial charge in [-0.05, 0) is 18.9 Å². The van der Waals surface area contributed by atoms with E-state index in [-0.39, 0.29) is 29.2 Å². The average Bonchev–Trinajstić information content (AvgIpc) is 3.36. The normalized spacial score (nSPS) is 17.6. The molecule has 0 saturated carbocycles. The van der Waals surface area contributed by atoms with Gasteiger partial charge in [0, 0.05) is 30.6 Å². The molecule has 1 aliphatic rings. The summed E-state index contributed by atoms with van der Waals surface area (Å²) >= 11 is 2.93. The minimum absolute atomic E-state index is 0.0208. The largest absolute Gasteiger partial charge is 0.383 e. The van der Waals surface area contributed by atoms with Crippen LogP contribution < -0.4 is 0 Å². The van der Waals surface area contributed by atoms with E-state index in [0.29, 0.717) is 19.6 Å². The van der Waals surface area contributed by atoms with Crippen LogP contribution in [0.1, 0.15) is 12.0 Å². The van der Waals surface area contributed by atoms with Crippen LogP contribution in [-0.4, -0.2) is 72.8 Å². The van der Waals surface area contributed by atoms with E-state index in [0.717, 1.165) is 26.4 Å². The predicted octanol–water partition coefficient (Wildman–Crippen LogP) is 3.42. The van der Waals surface area contributed by atoms with Crippen LogP contribution in [0.25, 0.3) is 21.3 Å². The first-order valence-corrected chi connectivity index (χ1v) is 14.0. The number of aryl methyl sites for hydroxylation is 1. The minimum Gasteiger partial charge on any atom is -0.383 e. The van der Waals surface area contributed by atoms with Crippen molar-refractivity contribution in [2.45, 2.75) is 24.4 Å². The highest BCUT2D eigenvalue weighted by atomic mass is 32.2. The van der Waals surface area contributed by atoms with Crippen molar-refractivity contribution < 1.29 is 17.9 Å². The zero-order chi connectivity index (χ0) is 22.7. The van der Waals surface area contributed by atoms with Crippen LogP contribution in [0.15, 0.2) is 41.0 Å². The van der Waals surface area contributed by atoms with Crippen molar-refractivity contribution in [3.05, 3.63) is 41.5 Å². The summed E-state index contributed by atoms with van der Waals surface area (Å²) in [7, 11) is -1.51. The molecule has 0 N–H and O–H groups in total. The molecule has 10 heteroatoms. The van der Waals surface area contributed by atoms with Gasteiger partial charge in [-0.15, -0.1) is 11.3 Å². The van der Waals surface area contributed by atoms with Crippen molar-refractivity contribution in [2.75, 3.05) is 37.5 Å². The monoisotopic (exact) mass is 491 g/mol. The lowest BCUT2D eigenvalue weighted by molar-refractivity contribution is -0.130. The number of sulfone groups is 1. The number of thioether (sulfide) groups is 1. The number of fused-ring (bicyclic) bond motifs is 1. The summed E-state index contributed by atoms with van der Waals surface area (Å²) in [5.74, 6) is 0.221. The molecule has 0 aliphatic carbocycles. The van der Waals surface area contributed by atoms with Gasteiger partial charge >= 0.3 is 0 Å². The third-order valence-corrected chi connectivity index (χ3v) is 9.15. The van der Waals surface area contributed by atoms with Gasteiger partial charge in [0.25, 0.3) is 0 Å². The van der Waals surface area contributed by atoms with Crippen molar-refractivity contribution in [1.82, 2.24) is 14.9 Å². The molecule has 7 nitrogen and oxygen atoms in total. The molecule has 1 fully saturated rings. The second-order valence-electron chi connectivity index (χ2n) is 7.80. The Kier molecular flexibility index (Phi) is 7.14. The van der Waals surface area contributed by atoms with Crippen molar-refractivity contribution in [1.29, 1.82) is 0 Å². The molecule has 1 aliphatic heterocycles. The lowest BCUT2D eigenvalue weighted by atomic mass is 10.1. The number of rotatable bonds is 8. The molecule has 1 aromatic carbocycles. The average molecular weight is 492 g/mol. The van der Waals surface area contributed by atoms with Crippen LogP contribution >= 0.6 is 23.1 Å². The number of benzene rings is 1. The minimum atomic E-state index is -3.09. The molecule has 0 spiro atoms. The van der Waals surface area contributed by atoms with E-state index >= 15 is 0 Å². The van der Waals surface area contributed by atoms with E-state index in [2.05, 4.69) is 46.5 Å². The zero-order valence-electron chi connectivity index (χ0n) is 18.0. The fourth-order valence-electron chi connectivity index (χ4n) is 3.84. The molecule has 0 bridgehead atoms. The van der Waals surface area contributed by atoms with Crippen LogP contribution in [0.3, 0.4) is 0 Å². The van der Waals surface area contributed by atoms with Gasteiger partial charge in [0.15, 0.2) is 9.84 Å². The summed E-state index contributed by atoms with van der Waals surface area (Å²) in [5.41, 5.74) is 3.33. The van der Waals surface area contributed by atoms with Crippen LogP contribution in [0.2, 0.25) is 0 Å². The number of nitrogens with zero attached hydrogens (tertiary/aromatic N) is 3. The summed E-state index contributed by atoms with van der Waals surface area (Å²) in [4.78, 5) is 24.5. The van der Waals surface area contributed by atoms with Crippen LogP contribution in [0.4, 0.5) is 0 Å². The van der Waals surface area contributed by atoms with E-state index in [1.165, 1.54) is 23.7 Å². The molecule has 1 saturated heterocycles. The Hall–Kier alpha value is -2.01. The first-order chi connectivity index (χ1) is 15.4. The third kappa shape index (κ3) is 5.14. The number of amides is 1. The molecule has 1 atom stereocenters. The third-order valence-electron chi connectivity index (χ3n) is 5.54. The van der Waals surface area contributed by atoms with Gasteiger partial charge in [-0.3, -0.25) is 4.79 Å². The maximum atomic E-state index is 13.1. The second-order valence-corrected chi connectivity index (χ2v) is 11.9. The Morgan fingerprint density at radius 2 is 2.06 bits per heavy atom. The molecule has 0 radical (unpaired) electrons. The van der Waals surface area contributed by atoms with Crippen molar-refractivity contribution in [3.8, 4) is 11.1 Å². The smallest absolute Gasteiger partial charge is 0.233 e. The molecular weight excluding hydrogens is 466 g/mol. The van der Waals surface area contributed by atoms with E-state index in [1.54, 1.807) is 23.3 Å². The number of thiophene rings is 1. The summed E-state index contributed by atoms with van der Waals surface area (Å²) in [5, 5.41) is 3.78. The molecule has 3 heterocycles. The summed E-state index contributed by atoms with van der Waals surface area (Å²) in [6.45, 7) is 2.80. The van der Waals surface area contributed by atoms with Gasteiger partial charge in [-0.25, -0.2) is 18.4 Å². The molecule has 32 heavy (non-hydrogen) atoms. The number of hydrogen-bond acceptors (Lipinski definition) is 8. The topological polar surface area (TPSA) is 89.5 Å². The summed E-state index contributed by atoms with van der Waals surface area (Å²) in [6, 6.07) is 8.01. The Bertz CT molecular complexity index is 1210. The van der Waals surface area contributed by atoms with Gasteiger partial charge in [-0.2, -0.15) is 0 Å². The SMILES string of the molecule is COCCN(C(=O)CSc1ncnc2scc(-c3ccc(C)cc3)c12)[C@H]1CCS(=O)(=O)C1. The van der Waals surface area contributed by atoms with Crippen molar-refractivity contribution in [2.24, 2.45) is 0 Å². The maximum absolute atomic E-state index is 13.1. The quantitative estimate of drug-likeness (QED) is 0.352. The Balaban J connectivity index is 1.55. The van der Waals surface area contributed by atoms with Crippen LogP contribution in [0, 0.1) is 6.92 Å². The molecule has 1 amide bonds. The van der Waals surface area contributed by atoms with E-state index in [4.69, 9.17) is 4.74 Å². The Labute approximate surface area is 196 Å². The Morgan fingerprint density at radius 1 is 1.28 bits per heavy atom. The number of ether oxygens (including phenoxy) is 1. The summed E-state index contributed by atoms with van der Waals surface area (Å²) < 4.78 is 29.0. The predicted molar refractivity (Wildman–Crippen MR) is 129 cm³/mol. The van der Waals surface area contributed by atoms with Crippen LogP contribution in [-0.2, 0) is 19.4 Å². The van der Waals surface area contributed by atoms with Gasteiger partial charge < -0.3 is 9.64 Å².